The van der Waals surface area contributed by atoms with Gasteiger partial charge in [0.15, 0.2) is 0 Å². The van der Waals surface area contributed by atoms with Crippen LogP contribution in [0.3, 0.4) is 0 Å². The Kier molecular flexibility index (Phi) is 6.55. The lowest BCUT2D eigenvalue weighted by Gasteiger charge is -2.28. The summed E-state index contributed by atoms with van der Waals surface area (Å²) in [6, 6.07) is 10.1. The number of hydrogen-bond donors (Lipinski definition) is 2. The number of nitrogens with one attached hydrogen (secondary N) is 1. The second-order valence-corrected chi connectivity index (χ2v) is 8.83. The molecule has 0 aliphatic carbocycles. The minimum Gasteiger partial charge on any atom is -0.444 e. The van der Waals surface area contributed by atoms with Crippen LogP contribution in [-0.2, 0) is 9.53 Å². The predicted octanol–water partition coefficient (Wildman–Crippen LogP) is 4.73. The van der Waals surface area contributed by atoms with E-state index in [4.69, 9.17) is 22.1 Å². The average Bonchev–Trinajstić information content (AvgIpc) is 2.70. The van der Waals surface area contributed by atoms with Crippen molar-refractivity contribution in [1.82, 2.24) is 14.9 Å². The van der Waals surface area contributed by atoms with Crippen LogP contribution < -0.4 is 11.1 Å². The molecule has 1 unspecified atom stereocenters. The van der Waals surface area contributed by atoms with Gasteiger partial charge in [-0.3, -0.25) is 14.7 Å². The fraction of sp³-hybridized carbons (Fsp3) is 0.304. The lowest BCUT2D eigenvalue weighted by atomic mass is 10.0. The van der Waals surface area contributed by atoms with Crippen molar-refractivity contribution in [3.8, 4) is 11.1 Å². The summed E-state index contributed by atoms with van der Waals surface area (Å²) in [7, 11) is 1.50. The van der Waals surface area contributed by atoms with Crippen molar-refractivity contribution in [3.05, 3.63) is 47.6 Å². The number of halogens is 1. The Morgan fingerprint density at radius 1 is 1.22 bits per heavy atom. The molecule has 1 aromatic carbocycles. The monoisotopic (exact) mass is 455 g/mol. The van der Waals surface area contributed by atoms with Gasteiger partial charge in [-0.2, -0.15) is 0 Å². The number of hydrogen-bond acceptors (Lipinski definition) is 6. The molecule has 0 radical (unpaired) electrons. The Labute approximate surface area is 191 Å². The van der Waals surface area contributed by atoms with E-state index >= 15 is 0 Å². The van der Waals surface area contributed by atoms with E-state index < -0.39 is 23.6 Å². The number of pyridine rings is 2. The summed E-state index contributed by atoms with van der Waals surface area (Å²) in [5.41, 5.74) is 7.55. The third kappa shape index (κ3) is 5.26. The molecule has 0 saturated carbocycles. The maximum atomic E-state index is 12.8. The first-order valence-electron chi connectivity index (χ1n) is 10.0. The maximum absolute atomic E-state index is 12.8. The molecule has 168 valence electrons. The fourth-order valence-corrected chi connectivity index (χ4v) is 3.33. The van der Waals surface area contributed by atoms with E-state index in [0.717, 1.165) is 16.5 Å². The summed E-state index contributed by atoms with van der Waals surface area (Å²) in [4.78, 5) is 34.8. The highest BCUT2D eigenvalue weighted by Gasteiger charge is 2.27. The summed E-state index contributed by atoms with van der Waals surface area (Å²) < 4.78 is 5.32. The smallest absolute Gasteiger partial charge is 0.410 e. The number of nitrogens with zero attached hydrogens (tertiary/aromatic N) is 3. The number of rotatable bonds is 4. The molecule has 2 aromatic heterocycles. The van der Waals surface area contributed by atoms with Gasteiger partial charge in [-0.05, 0) is 51.5 Å². The van der Waals surface area contributed by atoms with E-state index in [-0.39, 0.29) is 11.6 Å². The van der Waals surface area contributed by atoms with E-state index in [0.29, 0.717) is 10.6 Å². The molecule has 0 aliphatic heterocycles. The third-order valence-corrected chi connectivity index (χ3v) is 5.04. The number of para-hydroxylation sites is 1. The van der Waals surface area contributed by atoms with E-state index in [2.05, 4.69) is 15.3 Å². The van der Waals surface area contributed by atoms with Gasteiger partial charge in [0, 0.05) is 24.2 Å². The lowest BCUT2D eigenvalue weighted by molar-refractivity contribution is -0.120. The first-order chi connectivity index (χ1) is 15.0. The quantitative estimate of drug-likeness (QED) is 0.588. The van der Waals surface area contributed by atoms with Gasteiger partial charge in [0.05, 0.1) is 10.5 Å². The van der Waals surface area contributed by atoms with Crippen molar-refractivity contribution in [1.29, 1.82) is 0 Å². The van der Waals surface area contributed by atoms with Crippen LogP contribution in [0.4, 0.5) is 16.4 Å². The number of fused-ring (bicyclic) bond motifs is 1. The van der Waals surface area contributed by atoms with Crippen molar-refractivity contribution in [2.75, 3.05) is 18.1 Å². The zero-order valence-corrected chi connectivity index (χ0v) is 19.4. The Hall–Kier alpha value is -3.39. The van der Waals surface area contributed by atoms with E-state index in [1.54, 1.807) is 46.0 Å². The topological polar surface area (TPSA) is 110 Å². The van der Waals surface area contributed by atoms with Gasteiger partial charge in [-0.1, -0.05) is 29.8 Å². The van der Waals surface area contributed by atoms with Gasteiger partial charge >= 0.3 is 6.09 Å². The largest absolute Gasteiger partial charge is 0.444 e. The number of aromatic nitrogens is 2. The van der Waals surface area contributed by atoms with Crippen molar-refractivity contribution >= 4 is 46.1 Å². The molecule has 2 heterocycles. The number of amides is 2. The zero-order valence-electron chi connectivity index (χ0n) is 18.6. The molecular weight excluding hydrogens is 430 g/mol. The Morgan fingerprint density at radius 2 is 1.91 bits per heavy atom. The normalized spacial score (nSPS) is 12.3. The SMILES string of the molecule is CC(C(=O)Nc1cc(-c2c(Cl)cnc3ccccc23)cc(N)n1)N(C)C(=O)OC(C)(C)C. The molecule has 8 nitrogen and oxygen atoms in total. The number of likely N-dealkylation sites (N-methyl/N-ethyl adjacent to an activating group) is 1. The second kappa shape index (κ2) is 9.00. The fourth-order valence-electron chi connectivity index (χ4n) is 3.07. The first kappa shape index (κ1) is 23.3. The number of carbonyl (C=O) groups excluding carboxylic acids is 2. The van der Waals surface area contributed by atoms with Crippen LogP contribution in [0, 0.1) is 0 Å². The summed E-state index contributed by atoms with van der Waals surface area (Å²) in [5.74, 6) is 0.0161. The van der Waals surface area contributed by atoms with Gasteiger partial charge in [0.25, 0.3) is 0 Å². The molecule has 3 rings (SSSR count). The summed E-state index contributed by atoms with van der Waals surface area (Å²) in [6.45, 7) is 6.88. The minimum absolute atomic E-state index is 0.211. The number of carbonyl (C=O) groups is 2. The zero-order chi connectivity index (χ0) is 23.6. The average molecular weight is 456 g/mol. The van der Waals surface area contributed by atoms with Crippen LogP contribution in [0.2, 0.25) is 5.02 Å². The van der Waals surface area contributed by atoms with Crippen molar-refractivity contribution in [2.24, 2.45) is 0 Å². The van der Waals surface area contributed by atoms with Crippen molar-refractivity contribution in [2.45, 2.75) is 39.3 Å². The number of benzene rings is 1. The van der Waals surface area contributed by atoms with Crippen LogP contribution in [0.25, 0.3) is 22.0 Å². The number of nitrogens with two attached hydrogens (primary N) is 1. The van der Waals surface area contributed by atoms with Gasteiger partial charge in [-0.25, -0.2) is 9.78 Å². The first-order valence-corrected chi connectivity index (χ1v) is 10.4. The van der Waals surface area contributed by atoms with Crippen LogP contribution in [0.5, 0.6) is 0 Å². The molecule has 0 spiro atoms. The third-order valence-electron chi connectivity index (χ3n) is 4.76. The standard InChI is InChI=1S/C23H26ClN5O3/c1-13(29(5)22(31)32-23(2,3)4)21(30)28-19-11-14(10-18(25)27-19)20-15-8-6-7-9-17(15)26-12-16(20)24/h6-13H,1-5H3,(H3,25,27,28,30). The number of anilines is 2. The van der Waals surface area contributed by atoms with Crippen LogP contribution in [-0.4, -0.2) is 45.6 Å². The van der Waals surface area contributed by atoms with Crippen molar-refractivity contribution in [3.63, 3.8) is 0 Å². The Morgan fingerprint density at radius 3 is 2.59 bits per heavy atom. The molecule has 3 N–H and O–H groups in total. The lowest BCUT2D eigenvalue weighted by Crippen LogP contribution is -2.45. The molecule has 32 heavy (non-hydrogen) atoms. The predicted molar refractivity (Wildman–Crippen MR) is 126 cm³/mol. The summed E-state index contributed by atoms with van der Waals surface area (Å²) in [5, 5.41) is 4.02. The van der Waals surface area contributed by atoms with E-state index in [1.807, 2.05) is 24.3 Å². The summed E-state index contributed by atoms with van der Waals surface area (Å²) in [6.07, 6.45) is 0.975. The highest BCUT2D eigenvalue weighted by atomic mass is 35.5. The van der Waals surface area contributed by atoms with E-state index in [9.17, 15) is 9.59 Å². The maximum Gasteiger partial charge on any atom is 0.410 e. The summed E-state index contributed by atoms with van der Waals surface area (Å²) >= 11 is 6.46. The molecule has 0 bridgehead atoms. The highest BCUT2D eigenvalue weighted by molar-refractivity contribution is 6.34. The number of nitrogen functional groups attached to an aromatic ring is 1. The van der Waals surface area contributed by atoms with E-state index in [1.165, 1.54) is 11.9 Å². The number of ether oxygens (including phenoxy) is 1. The second-order valence-electron chi connectivity index (χ2n) is 8.42. The highest BCUT2D eigenvalue weighted by Crippen LogP contribution is 2.35. The molecule has 0 saturated heterocycles. The van der Waals surface area contributed by atoms with Gasteiger partial charge in [0.2, 0.25) is 5.91 Å². The molecule has 1 atom stereocenters. The molecule has 0 aliphatic rings. The molecule has 3 aromatic rings. The Bertz CT molecular complexity index is 1180. The molecule has 2 amide bonds. The van der Waals surface area contributed by atoms with Crippen LogP contribution >= 0.6 is 11.6 Å². The Balaban J connectivity index is 1.88. The van der Waals surface area contributed by atoms with Crippen LogP contribution in [0.15, 0.2) is 42.6 Å². The molecule has 0 fully saturated rings. The van der Waals surface area contributed by atoms with Gasteiger partial charge in [0.1, 0.15) is 23.3 Å². The molecular formula is C23H26ClN5O3. The van der Waals surface area contributed by atoms with Crippen LogP contribution in [0.1, 0.15) is 27.7 Å². The van der Waals surface area contributed by atoms with Gasteiger partial charge in [-0.15, -0.1) is 0 Å². The van der Waals surface area contributed by atoms with Gasteiger partial charge < -0.3 is 15.8 Å². The minimum atomic E-state index is -0.804. The molecule has 9 heteroatoms. The van der Waals surface area contributed by atoms with Crippen molar-refractivity contribution < 1.29 is 14.3 Å².